The first-order valence-corrected chi connectivity index (χ1v) is 23.1. The Morgan fingerprint density at radius 1 is 0.485 bits per heavy atom. The van der Waals surface area contributed by atoms with Crippen LogP contribution in [0.5, 0.6) is 5.75 Å². The van der Waals surface area contributed by atoms with Gasteiger partial charge in [0.1, 0.15) is 11.6 Å². The van der Waals surface area contributed by atoms with Gasteiger partial charge in [-0.15, -0.1) is 29.3 Å². The Labute approximate surface area is 408 Å². The van der Waals surface area contributed by atoms with E-state index in [0.717, 1.165) is 66.9 Å². The summed E-state index contributed by atoms with van der Waals surface area (Å²) < 4.78 is 2.25. The van der Waals surface area contributed by atoms with Gasteiger partial charge in [-0.25, -0.2) is 4.98 Å². The van der Waals surface area contributed by atoms with Gasteiger partial charge in [0.05, 0.1) is 22.3 Å². The Bertz CT molecular complexity index is 3040. The van der Waals surface area contributed by atoms with Crippen molar-refractivity contribution < 1.29 is 26.2 Å². The Kier molecular flexibility index (Phi) is 12.9. The molecule has 6 aromatic carbocycles. The maximum absolute atomic E-state index is 11.8. The summed E-state index contributed by atoms with van der Waals surface area (Å²) in [6, 6.07) is 51.5. The van der Waals surface area contributed by atoms with Crippen molar-refractivity contribution in [2.24, 2.45) is 5.41 Å². The zero-order valence-electron chi connectivity index (χ0n) is 41.4. The second kappa shape index (κ2) is 17.6. The van der Waals surface area contributed by atoms with E-state index in [9.17, 15) is 5.11 Å². The molecular formula is C61H66N3OPt-. The molecule has 0 saturated carbocycles. The predicted octanol–water partition coefficient (Wildman–Crippen LogP) is 16.5. The van der Waals surface area contributed by atoms with E-state index < -0.39 is 0 Å². The van der Waals surface area contributed by atoms with E-state index >= 15 is 0 Å². The molecule has 0 aliphatic heterocycles. The van der Waals surface area contributed by atoms with Crippen LogP contribution in [0, 0.1) is 11.5 Å². The first-order chi connectivity index (χ1) is 30.4. The molecule has 0 aliphatic carbocycles. The van der Waals surface area contributed by atoms with Crippen LogP contribution >= 0.6 is 0 Å². The summed E-state index contributed by atoms with van der Waals surface area (Å²) in [5, 5.41) is 11.8. The van der Waals surface area contributed by atoms with Gasteiger partial charge in [0.25, 0.3) is 0 Å². The van der Waals surface area contributed by atoms with Gasteiger partial charge in [0, 0.05) is 38.5 Å². The summed E-state index contributed by atoms with van der Waals surface area (Å²) in [4.78, 5) is 10.5. The van der Waals surface area contributed by atoms with Gasteiger partial charge in [-0.1, -0.05) is 193 Å². The number of phenolic OH excluding ortho intramolecular Hbond substituents is 1. The Morgan fingerprint density at radius 3 is 1.70 bits per heavy atom. The van der Waals surface area contributed by atoms with Crippen LogP contribution in [0.4, 0.5) is 0 Å². The van der Waals surface area contributed by atoms with E-state index in [1.165, 1.54) is 16.7 Å². The fraction of sp³-hybridized carbons (Fsp3) is 0.311. The largest absolute Gasteiger partial charge is 0.507 e. The molecule has 8 rings (SSSR count). The monoisotopic (exact) mass is 1050 g/mol. The van der Waals surface area contributed by atoms with Crippen LogP contribution in [-0.4, -0.2) is 19.6 Å². The average molecular weight is 1050 g/mol. The minimum absolute atomic E-state index is 0. The summed E-state index contributed by atoms with van der Waals surface area (Å²) in [7, 11) is 0. The summed E-state index contributed by atoms with van der Waals surface area (Å²) in [5.74, 6) is 0.862. The molecule has 0 unspecified atom stereocenters. The maximum atomic E-state index is 11.8. The molecule has 0 bridgehead atoms. The van der Waals surface area contributed by atoms with Crippen molar-refractivity contribution in [1.82, 2.24) is 14.5 Å². The molecule has 0 fully saturated rings. The van der Waals surface area contributed by atoms with Crippen LogP contribution in [0.1, 0.15) is 119 Å². The number of phenols is 1. The molecule has 0 spiro atoms. The Morgan fingerprint density at radius 2 is 1.08 bits per heavy atom. The van der Waals surface area contributed by atoms with Crippen molar-refractivity contribution in [3.63, 3.8) is 0 Å². The normalized spacial score (nSPS) is 12.6. The molecule has 66 heavy (non-hydrogen) atoms. The van der Waals surface area contributed by atoms with E-state index in [1.807, 2.05) is 18.3 Å². The molecule has 2 heterocycles. The van der Waals surface area contributed by atoms with Gasteiger partial charge in [0.15, 0.2) is 0 Å². The zero-order chi connectivity index (χ0) is 46.9. The molecule has 0 amide bonds. The third-order valence-corrected chi connectivity index (χ3v) is 13.9. The smallest absolute Gasteiger partial charge is 0.148 e. The van der Waals surface area contributed by atoms with Gasteiger partial charge in [0.2, 0.25) is 0 Å². The predicted molar refractivity (Wildman–Crippen MR) is 275 cm³/mol. The minimum Gasteiger partial charge on any atom is -0.507 e. The molecule has 342 valence electrons. The Hall–Kier alpha value is -5.57. The molecule has 0 saturated heterocycles. The number of nitrogens with zero attached hydrogens (tertiary/aromatic N) is 3. The fourth-order valence-corrected chi connectivity index (χ4v) is 8.53. The zero-order valence-corrected chi connectivity index (χ0v) is 43.7. The van der Waals surface area contributed by atoms with Crippen molar-refractivity contribution in [3.05, 3.63) is 168 Å². The third-order valence-electron chi connectivity index (χ3n) is 13.9. The molecule has 4 nitrogen and oxygen atoms in total. The summed E-state index contributed by atoms with van der Waals surface area (Å²) in [5.41, 5.74) is 16.2. The number of pyridine rings is 1. The van der Waals surface area contributed by atoms with E-state index in [2.05, 4.69) is 229 Å². The maximum Gasteiger partial charge on any atom is 0.148 e. The van der Waals surface area contributed by atoms with Crippen LogP contribution in [0.3, 0.4) is 0 Å². The second-order valence-electron chi connectivity index (χ2n) is 22.6. The van der Waals surface area contributed by atoms with E-state index in [4.69, 9.17) is 9.97 Å². The van der Waals surface area contributed by atoms with Crippen LogP contribution in [0.25, 0.3) is 72.7 Å². The number of hydrogen-bond acceptors (Lipinski definition) is 3. The van der Waals surface area contributed by atoms with Crippen molar-refractivity contribution >= 4 is 11.0 Å². The molecular weight excluding hydrogens is 986 g/mol. The number of imidazole rings is 1. The summed E-state index contributed by atoms with van der Waals surface area (Å²) >= 11 is 0. The van der Waals surface area contributed by atoms with Gasteiger partial charge in [-0.3, -0.25) is 9.55 Å². The molecule has 0 atom stereocenters. The Balaban J connectivity index is 0.00000648. The summed E-state index contributed by atoms with van der Waals surface area (Å²) in [6.45, 7) is 31.7. The van der Waals surface area contributed by atoms with Crippen molar-refractivity contribution in [1.29, 1.82) is 0 Å². The van der Waals surface area contributed by atoms with Crippen LogP contribution < -0.4 is 0 Å². The van der Waals surface area contributed by atoms with E-state index in [1.54, 1.807) is 0 Å². The van der Waals surface area contributed by atoms with E-state index in [0.29, 0.717) is 11.4 Å². The van der Waals surface area contributed by atoms with Crippen molar-refractivity contribution in [2.45, 2.75) is 119 Å². The molecule has 0 radical (unpaired) electrons. The number of hydrogen-bond donors (Lipinski definition) is 1. The number of para-hydroxylation sites is 1. The first-order valence-electron chi connectivity index (χ1n) is 23.1. The standard InChI is InChI=1S/C61H66N3O.Pt/c1-57(2,3)45-27-29-52(49(37-45)40-19-16-15-17-20-40)64-53-22-18-21-48(55(53)63-56(64)50-38-46(58(4,5)6)28-30-54(50)65)42-33-43(35-47(34-42)59(7,8)9)51-36-41(31-32-62-51)39-23-25-44(26-24-39)61(13,14)60(10,11)12;/h15-32,34-38,65H,1-14H3;/q-1;. The number of aromatic hydroxyl groups is 1. The molecule has 8 aromatic rings. The van der Waals surface area contributed by atoms with Gasteiger partial charge < -0.3 is 5.11 Å². The van der Waals surface area contributed by atoms with Crippen LogP contribution in [0.2, 0.25) is 0 Å². The number of fused-ring (bicyclic) bond motifs is 1. The van der Waals surface area contributed by atoms with Crippen LogP contribution in [-0.2, 0) is 42.7 Å². The minimum atomic E-state index is -0.164. The van der Waals surface area contributed by atoms with Crippen molar-refractivity contribution in [2.75, 3.05) is 0 Å². The summed E-state index contributed by atoms with van der Waals surface area (Å²) in [6.07, 6.45) is 1.91. The van der Waals surface area contributed by atoms with Crippen molar-refractivity contribution in [3.8, 4) is 67.5 Å². The topological polar surface area (TPSA) is 50.9 Å². The SMILES string of the molecule is CC(C)(C)c1cc(-c2cc(-c3ccc(C(C)(C)C(C)(C)C)cc3)ccn2)[c-]c(-c2cccc3c2nc(-c2cc(C(C)(C)C)ccc2O)n3-c2ccc(C(C)(C)C)cc2-c2ccccc2)c1.[Pt]. The number of benzene rings is 6. The number of aromatic nitrogens is 3. The third kappa shape index (κ3) is 9.37. The average Bonchev–Trinajstić information content (AvgIpc) is 3.64. The second-order valence-corrected chi connectivity index (χ2v) is 22.6. The van der Waals surface area contributed by atoms with Crippen LogP contribution in [0.15, 0.2) is 140 Å². The molecule has 2 aromatic heterocycles. The molecule has 5 heteroatoms. The van der Waals surface area contributed by atoms with Gasteiger partial charge in [-0.2, -0.15) is 0 Å². The van der Waals surface area contributed by atoms with Gasteiger partial charge >= 0.3 is 0 Å². The molecule has 0 aliphatic rings. The fourth-order valence-electron chi connectivity index (χ4n) is 8.53. The number of rotatable bonds is 7. The quantitative estimate of drug-likeness (QED) is 0.162. The van der Waals surface area contributed by atoms with Gasteiger partial charge in [-0.05, 0) is 96.9 Å². The van der Waals surface area contributed by atoms with E-state index in [-0.39, 0.29) is 53.9 Å². The first kappa shape index (κ1) is 48.4. The molecule has 1 N–H and O–H groups in total.